The molecule has 2 aromatic rings. The standard InChI is InChI=1S/C25H30O.5CO.Cr/c1-20-16-17-23(25(2,3)22-14-8-5-9-15-22)24(19-20)26-18-10-13-21-11-6-4-7-12-21;5*1-2;/h4-15,20,23-24H,16-17,19H2,1-3H3;;;;;;/b13-10+;;;;;;/t20-,23-,24-;;;;;;/m1....../s1. The van der Waals surface area contributed by atoms with Crippen molar-refractivity contribution in [3.63, 3.8) is 0 Å². The molecule has 0 bridgehead atoms. The molecule has 6 nitrogen and oxygen atoms in total. The molecular weight excluding hydrogens is 508 g/mol. The topological polar surface area (TPSA) is 109 Å². The predicted molar refractivity (Wildman–Crippen MR) is 131 cm³/mol. The molecule has 3 rings (SSSR count). The second-order valence-corrected chi connectivity index (χ2v) is 8.96. The number of rotatable bonds is 6. The molecule has 1 aliphatic rings. The van der Waals surface area contributed by atoms with Gasteiger partial charge in [-0.15, -0.1) is 0 Å². The van der Waals surface area contributed by atoms with Crippen molar-refractivity contribution < 1.29 is 43.8 Å². The average molecular weight is 539 g/mol. The molecule has 1 saturated carbocycles. The molecule has 0 amide bonds. The first-order valence-electron chi connectivity index (χ1n) is 11.0. The molecule has 1 aliphatic carbocycles. The van der Waals surface area contributed by atoms with Crippen LogP contribution in [0.15, 0.2) is 66.7 Å². The predicted octanol–water partition coefficient (Wildman–Crippen LogP) is 5.99. The van der Waals surface area contributed by atoms with Crippen LogP contribution in [0.2, 0.25) is 0 Å². The molecule has 0 unspecified atom stereocenters. The first-order valence-corrected chi connectivity index (χ1v) is 11.6. The van der Waals surface area contributed by atoms with E-state index in [4.69, 9.17) is 28.0 Å². The van der Waals surface area contributed by atoms with Gasteiger partial charge in [0.15, 0.2) is 0 Å². The van der Waals surface area contributed by atoms with Crippen LogP contribution in [0.3, 0.4) is 0 Å². The van der Waals surface area contributed by atoms with Crippen LogP contribution in [0.1, 0.15) is 51.2 Å². The van der Waals surface area contributed by atoms with Crippen molar-refractivity contribution in [2.75, 3.05) is 0 Å². The summed E-state index contributed by atoms with van der Waals surface area (Å²) < 4.78 is 44.9. The fourth-order valence-corrected chi connectivity index (χ4v) is 4.58. The van der Waals surface area contributed by atoms with Crippen molar-refractivity contribution in [2.24, 2.45) is 11.8 Å². The van der Waals surface area contributed by atoms with Gasteiger partial charge in [0.25, 0.3) is 0 Å². The Balaban J connectivity index is -0.00000103. The number of ether oxygens (including phenoxy) is 1. The van der Waals surface area contributed by atoms with Crippen LogP contribution in [0, 0.1) is 45.1 Å². The molecule has 0 aliphatic heterocycles. The van der Waals surface area contributed by atoms with E-state index in [1.807, 2.05) is 6.07 Å². The second kappa shape index (κ2) is 24.9. The maximum absolute atomic E-state index is 7.50. The maximum atomic E-state index is 7.50. The molecule has 0 spiro atoms. The second-order valence-electron chi connectivity index (χ2n) is 8.33. The van der Waals surface area contributed by atoms with Gasteiger partial charge in [-0.1, -0.05) is 0 Å². The molecule has 37 heavy (non-hydrogen) atoms. The van der Waals surface area contributed by atoms with Crippen molar-refractivity contribution in [3.05, 3.63) is 111 Å². The van der Waals surface area contributed by atoms with E-state index in [2.05, 4.69) is 137 Å². The molecular formula is C30H30CrO6. The zero-order chi connectivity index (χ0) is 29.3. The van der Waals surface area contributed by atoms with Crippen molar-refractivity contribution in [1.82, 2.24) is 0 Å². The van der Waals surface area contributed by atoms with E-state index >= 15 is 0 Å². The molecule has 2 aromatic carbocycles. The Morgan fingerprint density at radius 2 is 1.27 bits per heavy atom. The third-order valence-corrected chi connectivity index (χ3v) is 6.34. The summed E-state index contributed by atoms with van der Waals surface area (Å²) in [7, 11) is 0. The van der Waals surface area contributed by atoms with Crippen molar-refractivity contribution in [2.45, 2.75) is 51.6 Å². The van der Waals surface area contributed by atoms with E-state index in [1.54, 1.807) is 0 Å². The van der Waals surface area contributed by atoms with E-state index in [1.165, 1.54) is 24.0 Å². The summed E-state index contributed by atoms with van der Waals surface area (Å²) in [6.07, 6.45) is 8.01. The van der Waals surface area contributed by atoms with Gasteiger partial charge in [0.1, 0.15) is 0 Å². The quantitative estimate of drug-likeness (QED) is 0.327. The van der Waals surface area contributed by atoms with Gasteiger partial charge < -0.3 is 0 Å². The third kappa shape index (κ3) is 14.5. The zero-order valence-electron chi connectivity index (χ0n) is 21.1. The van der Waals surface area contributed by atoms with Gasteiger partial charge in [0, 0.05) is 0 Å². The van der Waals surface area contributed by atoms with Crippen LogP contribution < -0.4 is 0 Å². The Labute approximate surface area is 228 Å². The Bertz CT molecular complexity index is 953. The van der Waals surface area contributed by atoms with Crippen LogP contribution in [-0.2, 0) is 49.3 Å². The Morgan fingerprint density at radius 3 is 1.76 bits per heavy atom. The fourth-order valence-electron chi connectivity index (χ4n) is 4.28. The molecule has 0 radical (unpaired) electrons. The van der Waals surface area contributed by atoms with Crippen LogP contribution in [0.4, 0.5) is 0 Å². The van der Waals surface area contributed by atoms with Gasteiger partial charge in [-0.05, 0) is 0 Å². The minimum absolute atomic E-state index is 0.0927. The molecule has 0 saturated heterocycles. The zero-order valence-corrected chi connectivity index (χ0v) is 22.4. The van der Waals surface area contributed by atoms with Gasteiger partial charge in [0.2, 0.25) is 0 Å². The molecule has 1 fully saturated rings. The summed E-state index contributed by atoms with van der Waals surface area (Å²) in [4.78, 5) is 0. The summed E-state index contributed by atoms with van der Waals surface area (Å²) in [6.45, 7) is 29.6. The summed E-state index contributed by atoms with van der Waals surface area (Å²) in [5.74, 6) is 1.22. The normalized spacial score (nSPS) is 17.4. The average Bonchev–Trinajstić information content (AvgIpc) is 2.98. The molecule has 0 N–H and O–H groups in total. The summed E-state index contributed by atoms with van der Waals surface area (Å²) in [5.41, 5.74) is 2.68. The van der Waals surface area contributed by atoms with Crippen molar-refractivity contribution in [3.8, 4) is 0 Å². The molecule has 192 valence electrons. The van der Waals surface area contributed by atoms with E-state index in [-0.39, 0.29) is 11.5 Å². The van der Waals surface area contributed by atoms with Gasteiger partial charge in [0.05, 0.1) is 0 Å². The summed E-state index contributed by atoms with van der Waals surface area (Å²) in [5, 5.41) is 0. The molecule has 0 heterocycles. The number of hydrogen-bond acceptors (Lipinski definition) is 1. The minimum atomic E-state index is 0.0927. The summed E-state index contributed by atoms with van der Waals surface area (Å²) in [6, 6.07) is 21.3. The van der Waals surface area contributed by atoms with E-state index < -0.39 is 0 Å². The first-order chi connectivity index (χ1) is 18.0. The van der Waals surface area contributed by atoms with Crippen LogP contribution in [0.5, 0.6) is 0 Å². The Hall–Kier alpha value is -2.76. The van der Waals surface area contributed by atoms with E-state index in [9.17, 15) is 0 Å². The van der Waals surface area contributed by atoms with E-state index in [0.717, 1.165) is 11.0 Å². The van der Waals surface area contributed by atoms with Gasteiger partial charge in [-0.3, -0.25) is 0 Å². The Kier molecular flexibility index (Phi) is 26.1. The van der Waals surface area contributed by atoms with Crippen LogP contribution in [-0.4, -0.2) is 10.7 Å². The summed E-state index contributed by atoms with van der Waals surface area (Å²) >= 11 is 3.13. The van der Waals surface area contributed by atoms with Crippen LogP contribution >= 0.6 is 0 Å². The van der Waals surface area contributed by atoms with Gasteiger partial charge >= 0.3 is 229 Å². The number of benzene rings is 2. The number of hydrogen-bond donors (Lipinski definition) is 0. The van der Waals surface area contributed by atoms with Crippen molar-refractivity contribution in [1.29, 1.82) is 0 Å². The molecule has 3 atom stereocenters. The Morgan fingerprint density at radius 1 is 0.811 bits per heavy atom. The third-order valence-electron chi connectivity index (χ3n) is 5.98. The van der Waals surface area contributed by atoms with E-state index in [0.29, 0.717) is 11.8 Å². The monoisotopic (exact) mass is 538 g/mol. The first kappa shape index (κ1) is 38.8. The molecule has 0 aromatic heterocycles. The van der Waals surface area contributed by atoms with Gasteiger partial charge in [-0.25, -0.2) is 0 Å². The van der Waals surface area contributed by atoms with Gasteiger partial charge in [-0.2, -0.15) is 0 Å². The van der Waals surface area contributed by atoms with Crippen LogP contribution in [0.25, 0.3) is 6.08 Å². The SMILES string of the molecule is C[C@@H]1CC[C@@H](C(C)(C)c2ccccc2)[C@H](O[C](=[Cr])/C=C/c2ccccc2)C1.[C-]#[O+].[C-]#[O+].[C-]#[O+].[C-]#[O+].[C-]#[O+]. The molecule has 7 heteroatoms. The fraction of sp³-hybridized carbons (Fsp3) is 0.333. The van der Waals surface area contributed by atoms with Crippen molar-refractivity contribution >= 4 is 10.6 Å².